The number of ketones is 1. The number of carbonyl (C=O) groups is 1. The van der Waals surface area contributed by atoms with Crippen molar-refractivity contribution in [1.29, 1.82) is 0 Å². The molecule has 0 saturated carbocycles. The molecule has 2 rings (SSSR count). The van der Waals surface area contributed by atoms with Crippen LogP contribution in [0.3, 0.4) is 0 Å². The number of hydrogen-bond acceptors (Lipinski definition) is 3. The predicted molar refractivity (Wildman–Crippen MR) is 74.1 cm³/mol. The van der Waals surface area contributed by atoms with E-state index >= 15 is 0 Å². The Morgan fingerprint density at radius 3 is 2.61 bits per heavy atom. The number of pyridine rings is 1. The van der Waals surface area contributed by atoms with Crippen molar-refractivity contribution in [2.75, 3.05) is 18.0 Å². The average molecular weight is 246 g/mol. The molecule has 98 valence electrons. The Morgan fingerprint density at radius 1 is 1.39 bits per heavy atom. The second-order valence-electron chi connectivity index (χ2n) is 5.18. The molecule has 1 aromatic rings. The summed E-state index contributed by atoms with van der Waals surface area (Å²) in [6, 6.07) is 3.85. The van der Waals surface area contributed by atoms with Gasteiger partial charge in [0.25, 0.3) is 0 Å². The first-order chi connectivity index (χ1) is 8.70. The van der Waals surface area contributed by atoms with Gasteiger partial charge in [-0.25, -0.2) is 0 Å². The molecule has 0 unspecified atom stereocenters. The number of Topliss-reactive ketones (excluding diaryl/α,β-unsaturated/α-hetero) is 1. The van der Waals surface area contributed by atoms with Crippen molar-refractivity contribution >= 4 is 11.5 Å². The summed E-state index contributed by atoms with van der Waals surface area (Å²) in [6.07, 6.45) is 7.04. The SMILES string of the molecule is CCCC1CCN(c2ccc(C(C)=O)nc2)CC1. The standard InChI is InChI=1S/C15H22N2O/c1-3-4-13-7-9-17(10-8-13)14-5-6-15(12(2)18)16-11-14/h5-6,11,13H,3-4,7-10H2,1-2H3. The van der Waals surface area contributed by atoms with Crippen LogP contribution in [0.15, 0.2) is 18.3 Å². The molecule has 1 aliphatic rings. The molecule has 1 aliphatic heterocycles. The number of piperidine rings is 1. The summed E-state index contributed by atoms with van der Waals surface area (Å²) in [5, 5.41) is 0. The Morgan fingerprint density at radius 2 is 2.11 bits per heavy atom. The zero-order valence-corrected chi connectivity index (χ0v) is 11.4. The largest absolute Gasteiger partial charge is 0.370 e. The van der Waals surface area contributed by atoms with Crippen molar-refractivity contribution in [2.45, 2.75) is 39.5 Å². The number of aromatic nitrogens is 1. The van der Waals surface area contributed by atoms with Crippen molar-refractivity contribution in [3.8, 4) is 0 Å². The Hall–Kier alpha value is -1.38. The third kappa shape index (κ3) is 3.09. The smallest absolute Gasteiger partial charge is 0.178 e. The topological polar surface area (TPSA) is 33.2 Å². The van der Waals surface area contributed by atoms with Crippen LogP contribution in [0.4, 0.5) is 5.69 Å². The van der Waals surface area contributed by atoms with Gasteiger partial charge in [-0.15, -0.1) is 0 Å². The van der Waals surface area contributed by atoms with Gasteiger partial charge in [0.05, 0.1) is 11.9 Å². The van der Waals surface area contributed by atoms with Gasteiger partial charge in [0.1, 0.15) is 5.69 Å². The minimum atomic E-state index is 0.0307. The molecule has 0 amide bonds. The zero-order chi connectivity index (χ0) is 13.0. The highest BCUT2D eigenvalue weighted by Crippen LogP contribution is 2.25. The summed E-state index contributed by atoms with van der Waals surface area (Å²) in [5.74, 6) is 0.930. The van der Waals surface area contributed by atoms with E-state index in [0.29, 0.717) is 5.69 Å². The lowest BCUT2D eigenvalue weighted by Gasteiger charge is -2.33. The molecule has 0 bridgehead atoms. The second kappa shape index (κ2) is 5.98. The second-order valence-corrected chi connectivity index (χ2v) is 5.18. The lowest BCUT2D eigenvalue weighted by Crippen LogP contribution is -2.33. The zero-order valence-electron chi connectivity index (χ0n) is 11.4. The lowest BCUT2D eigenvalue weighted by atomic mass is 9.92. The van der Waals surface area contributed by atoms with Crippen molar-refractivity contribution < 1.29 is 4.79 Å². The third-order valence-corrected chi connectivity index (χ3v) is 3.79. The highest BCUT2D eigenvalue weighted by molar-refractivity contribution is 5.92. The van der Waals surface area contributed by atoms with Crippen LogP contribution >= 0.6 is 0 Å². The van der Waals surface area contributed by atoms with Crippen LogP contribution in [0, 0.1) is 5.92 Å². The maximum atomic E-state index is 11.2. The molecule has 0 aliphatic carbocycles. The molecule has 0 spiro atoms. The van der Waals surface area contributed by atoms with E-state index < -0.39 is 0 Å². The molecule has 18 heavy (non-hydrogen) atoms. The Kier molecular flexibility index (Phi) is 4.34. The van der Waals surface area contributed by atoms with Gasteiger partial charge in [-0.1, -0.05) is 19.8 Å². The van der Waals surface area contributed by atoms with Crippen molar-refractivity contribution in [1.82, 2.24) is 4.98 Å². The van der Waals surface area contributed by atoms with Gasteiger partial charge < -0.3 is 4.90 Å². The molecule has 3 heteroatoms. The van der Waals surface area contributed by atoms with Gasteiger partial charge in [-0.2, -0.15) is 0 Å². The van der Waals surface area contributed by atoms with E-state index in [1.165, 1.54) is 25.7 Å². The van der Waals surface area contributed by atoms with Crippen LogP contribution in [0.5, 0.6) is 0 Å². The predicted octanol–water partition coefficient (Wildman–Crippen LogP) is 3.30. The molecular weight excluding hydrogens is 224 g/mol. The van der Waals surface area contributed by atoms with Crippen molar-refractivity contribution in [3.63, 3.8) is 0 Å². The van der Waals surface area contributed by atoms with Crippen molar-refractivity contribution in [3.05, 3.63) is 24.0 Å². The molecule has 0 aromatic carbocycles. The molecule has 1 fully saturated rings. The molecule has 1 saturated heterocycles. The van der Waals surface area contributed by atoms with Gasteiger partial charge in [0, 0.05) is 20.0 Å². The Balaban J connectivity index is 1.95. The van der Waals surface area contributed by atoms with Gasteiger partial charge >= 0.3 is 0 Å². The van der Waals surface area contributed by atoms with Gasteiger partial charge in [0.2, 0.25) is 0 Å². The van der Waals surface area contributed by atoms with Crippen LogP contribution in [0.2, 0.25) is 0 Å². The third-order valence-electron chi connectivity index (χ3n) is 3.79. The lowest BCUT2D eigenvalue weighted by molar-refractivity contribution is 0.101. The molecule has 3 nitrogen and oxygen atoms in total. The number of rotatable bonds is 4. The van der Waals surface area contributed by atoms with E-state index in [0.717, 1.165) is 24.7 Å². The summed E-state index contributed by atoms with van der Waals surface area (Å²) in [7, 11) is 0. The van der Waals surface area contributed by atoms with Crippen LogP contribution in [0.1, 0.15) is 50.0 Å². The first kappa shape index (κ1) is 13.1. The fourth-order valence-corrected chi connectivity index (χ4v) is 2.67. The van der Waals surface area contributed by atoms with Gasteiger partial charge in [0.15, 0.2) is 5.78 Å². The molecule has 0 N–H and O–H groups in total. The summed E-state index contributed by atoms with van der Waals surface area (Å²) in [5.41, 5.74) is 1.70. The Labute approximate surface area is 109 Å². The average Bonchev–Trinajstić information content (AvgIpc) is 2.40. The van der Waals surface area contributed by atoms with Crippen LogP contribution in [0.25, 0.3) is 0 Å². The number of carbonyl (C=O) groups excluding carboxylic acids is 1. The van der Waals surface area contributed by atoms with Gasteiger partial charge in [-0.3, -0.25) is 9.78 Å². The molecule has 2 heterocycles. The summed E-state index contributed by atoms with van der Waals surface area (Å²) in [6.45, 7) is 6.05. The molecule has 1 aromatic heterocycles. The summed E-state index contributed by atoms with van der Waals surface area (Å²) < 4.78 is 0. The van der Waals surface area contributed by atoms with E-state index in [4.69, 9.17) is 0 Å². The van der Waals surface area contributed by atoms with E-state index in [1.807, 2.05) is 18.3 Å². The molecular formula is C15H22N2O. The quantitative estimate of drug-likeness (QED) is 0.764. The fourth-order valence-electron chi connectivity index (χ4n) is 2.67. The number of nitrogens with zero attached hydrogens (tertiary/aromatic N) is 2. The van der Waals surface area contributed by atoms with E-state index in [1.54, 1.807) is 6.92 Å². The van der Waals surface area contributed by atoms with Gasteiger partial charge in [-0.05, 0) is 30.9 Å². The monoisotopic (exact) mass is 246 g/mol. The highest BCUT2D eigenvalue weighted by Gasteiger charge is 2.18. The molecule has 0 atom stereocenters. The minimum absolute atomic E-state index is 0.0307. The van der Waals surface area contributed by atoms with E-state index in [9.17, 15) is 4.79 Å². The maximum Gasteiger partial charge on any atom is 0.178 e. The number of hydrogen-bond donors (Lipinski definition) is 0. The maximum absolute atomic E-state index is 11.2. The Bertz CT molecular complexity index is 391. The van der Waals surface area contributed by atoms with Crippen molar-refractivity contribution in [2.24, 2.45) is 5.92 Å². The van der Waals surface area contributed by atoms with Crippen LogP contribution in [-0.4, -0.2) is 23.9 Å². The highest BCUT2D eigenvalue weighted by atomic mass is 16.1. The summed E-state index contributed by atoms with van der Waals surface area (Å²) in [4.78, 5) is 17.8. The summed E-state index contributed by atoms with van der Waals surface area (Å²) >= 11 is 0. The first-order valence-electron chi connectivity index (χ1n) is 6.92. The fraction of sp³-hybridized carbons (Fsp3) is 0.600. The number of anilines is 1. The molecule has 0 radical (unpaired) electrons. The van der Waals surface area contributed by atoms with E-state index in [2.05, 4.69) is 16.8 Å². The van der Waals surface area contributed by atoms with Crippen LogP contribution in [-0.2, 0) is 0 Å². The first-order valence-corrected chi connectivity index (χ1v) is 6.92. The minimum Gasteiger partial charge on any atom is -0.370 e. The van der Waals surface area contributed by atoms with E-state index in [-0.39, 0.29) is 5.78 Å². The normalized spacial score (nSPS) is 16.9. The van der Waals surface area contributed by atoms with Crippen LogP contribution < -0.4 is 4.90 Å².